The number of hydrogen-bond donors (Lipinski definition) is 1. The molecule has 0 aromatic carbocycles. The van der Waals surface area contributed by atoms with Crippen molar-refractivity contribution in [3.63, 3.8) is 0 Å². The number of hydrogen-bond acceptors (Lipinski definition) is 3. The first kappa shape index (κ1) is 16.0. The number of amides is 1. The van der Waals surface area contributed by atoms with Crippen molar-refractivity contribution < 1.29 is 4.79 Å². The van der Waals surface area contributed by atoms with E-state index in [1.165, 1.54) is 31.3 Å². The van der Waals surface area contributed by atoms with Gasteiger partial charge in [-0.15, -0.1) is 0 Å². The van der Waals surface area contributed by atoms with Crippen molar-refractivity contribution in [1.82, 2.24) is 10.2 Å². The van der Waals surface area contributed by atoms with Crippen LogP contribution in [0.5, 0.6) is 0 Å². The number of allylic oxidation sites excluding steroid dienone is 1. The molecule has 2 rings (SSSR count). The third-order valence-electron chi connectivity index (χ3n) is 4.55. The van der Waals surface area contributed by atoms with Crippen LogP contribution in [0.25, 0.3) is 0 Å². The van der Waals surface area contributed by atoms with Gasteiger partial charge >= 0.3 is 0 Å². The number of piperidine rings is 1. The quantitative estimate of drug-likeness (QED) is 0.765. The van der Waals surface area contributed by atoms with Crippen molar-refractivity contribution in [3.8, 4) is 6.07 Å². The lowest BCUT2D eigenvalue weighted by Gasteiger charge is -2.31. The van der Waals surface area contributed by atoms with Crippen molar-refractivity contribution in [2.24, 2.45) is 5.92 Å². The van der Waals surface area contributed by atoms with Gasteiger partial charge in [-0.25, -0.2) is 0 Å². The first-order valence-electron chi connectivity index (χ1n) is 8.34. The lowest BCUT2D eigenvalue weighted by molar-refractivity contribution is -0.126. The summed E-state index contributed by atoms with van der Waals surface area (Å²) >= 11 is 0. The number of nitrogens with one attached hydrogen (secondary N) is 1. The Labute approximate surface area is 128 Å². The Kier molecular flexibility index (Phi) is 6.75. The highest BCUT2D eigenvalue weighted by Gasteiger charge is 2.25. The molecule has 0 spiro atoms. The van der Waals surface area contributed by atoms with Crippen LogP contribution in [0, 0.1) is 17.2 Å². The Morgan fingerprint density at radius 3 is 3.10 bits per heavy atom. The third-order valence-corrected chi connectivity index (χ3v) is 4.55. The zero-order valence-electron chi connectivity index (χ0n) is 12.9. The molecule has 1 fully saturated rings. The largest absolute Gasteiger partial charge is 0.356 e. The molecule has 0 saturated carbocycles. The molecule has 1 amide bonds. The van der Waals surface area contributed by atoms with E-state index in [4.69, 9.17) is 5.26 Å². The summed E-state index contributed by atoms with van der Waals surface area (Å²) in [4.78, 5) is 14.5. The molecule has 116 valence electrons. The monoisotopic (exact) mass is 289 g/mol. The van der Waals surface area contributed by atoms with Gasteiger partial charge in [-0.1, -0.05) is 11.6 Å². The summed E-state index contributed by atoms with van der Waals surface area (Å²) in [5.74, 6) is 0.311. The minimum atomic E-state index is 0.109. The van der Waals surface area contributed by atoms with Gasteiger partial charge in [0.1, 0.15) is 0 Å². The number of likely N-dealkylation sites (tertiary alicyclic amines) is 1. The van der Waals surface area contributed by atoms with Crippen molar-refractivity contribution in [2.75, 3.05) is 26.2 Å². The summed E-state index contributed by atoms with van der Waals surface area (Å²) in [6.45, 7) is 3.42. The smallest absolute Gasteiger partial charge is 0.224 e. The molecule has 0 bridgehead atoms. The van der Waals surface area contributed by atoms with Crippen molar-refractivity contribution in [1.29, 1.82) is 5.26 Å². The van der Waals surface area contributed by atoms with Crippen LogP contribution in [0.15, 0.2) is 11.6 Å². The second-order valence-corrected chi connectivity index (χ2v) is 6.20. The average Bonchev–Trinajstić information content (AvgIpc) is 2.54. The van der Waals surface area contributed by atoms with Crippen molar-refractivity contribution in [2.45, 2.75) is 51.4 Å². The number of carbonyl (C=O) groups excluding carboxylic acids is 1. The highest BCUT2D eigenvalue weighted by Crippen LogP contribution is 2.20. The number of nitriles is 1. The molecule has 0 aromatic rings. The SMILES string of the molecule is N#CCCN1CCCC(C(=O)NCCC2=CCCCC2)C1. The van der Waals surface area contributed by atoms with Crippen LogP contribution >= 0.6 is 0 Å². The van der Waals surface area contributed by atoms with Crippen LogP contribution in [-0.2, 0) is 4.79 Å². The molecule has 4 nitrogen and oxygen atoms in total. The maximum atomic E-state index is 12.2. The summed E-state index contributed by atoms with van der Waals surface area (Å²) in [7, 11) is 0. The van der Waals surface area contributed by atoms with Crippen molar-refractivity contribution in [3.05, 3.63) is 11.6 Å². The summed E-state index contributed by atoms with van der Waals surface area (Å²) in [6, 6.07) is 2.18. The molecule has 1 atom stereocenters. The summed E-state index contributed by atoms with van der Waals surface area (Å²) in [5, 5.41) is 11.8. The van der Waals surface area contributed by atoms with E-state index in [1.807, 2.05) is 0 Å². The van der Waals surface area contributed by atoms with E-state index in [0.717, 1.165) is 45.4 Å². The molecule has 0 aromatic heterocycles. The lowest BCUT2D eigenvalue weighted by Crippen LogP contribution is -2.43. The van der Waals surface area contributed by atoms with Gasteiger partial charge in [0.25, 0.3) is 0 Å². The standard InChI is InChI=1S/C17H27N3O/c18-10-5-13-20-12-4-8-16(14-20)17(21)19-11-9-15-6-2-1-3-7-15/h6,16H,1-5,7-9,11-14H2,(H,19,21). The maximum absolute atomic E-state index is 12.2. The summed E-state index contributed by atoms with van der Waals surface area (Å²) in [5.41, 5.74) is 1.51. The van der Waals surface area contributed by atoms with Gasteiger partial charge in [-0.05, 0) is 51.5 Å². The molecule has 21 heavy (non-hydrogen) atoms. The third kappa shape index (κ3) is 5.51. The maximum Gasteiger partial charge on any atom is 0.224 e. The van der Waals surface area contributed by atoms with Crippen molar-refractivity contribution >= 4 is 5.91 Å². The highest BCUT2D eigenvalue weighted by molar-refractivity contribution is 5.78. The van der Waals surface area contributed by atoms with Gasteiger partial charge in [-0.2, -0.15) is 5.26 Å². The van der Waals surface area contributed by atoms with Crippen LogP contribution in [-0.4, -0.2) is 37.0 Å². The summed E-state index contributed by atoms with van der Waals surface area (Å²) in [6.07, 6.45) is 11.0. The van der Waals surface area contributed by atoms with Gasteiger partial charge in [0, 0.05) is 26.1 Å². The fraction of sp³-hybridized carbons (Fsp3) is 0.765. The van der Waals surface area contributed by atoms with E-state index < -0.39 is 0 Å². The molecule has 1 aliphatic heterocycles. The fourth-order valence-corrected chi connectivity index (χ4v) is 3.30. The molecular formula is C17H27N3O. The van der Waals surface area contributed by atoms with Gasteiger partial charge in [-0.3, -0.25) is 4.79 Å². The first-order chi connectivity index (χ1) is 10.3. The molecule has 4 heteroatoms. The van der Waals surface area contributed by atoms with Crippen LogP contribution in [0.1, 0.15) is 51.4 Å². The zero-order valence-corrected chi connectivity index (χ0v) is 12.9. The van der Waals surface area contributed by atoms with E-state index >= 15 is 0 Å². The molecule has 1 N–H and O–H groups in total. The molecule has 1 aliphatic carbocycles. The van der Waals surface area contributed by atoms with E-state index in [0.29, 0.717) is 6.42 Å². The molecular weight excluding hydrogens is 262 g/mol. The lowest BCUT2D eigenvalue weighted by atomic mass is 9.96. The molecule has 1 unspecified atom stereocenters. The van der Waals surface area contributed by atoms with E-state index in [2.05, 4.69) is 22.4 Å². The van der Waals surface area contributed by atoms with Gasteiger partial charge in [0.05, 0.1) is 12.0 Å². The van der Waals surface area contributed by atoms with Gasteiger partial charge in [0.15, 0.2) is 0 Å². The second-order valence-electron chi connectivity index (χ2n) is 6.20. The second kappa shape index (κ2) is 8.84. The average molecular weight is 289 g/mol. The predicted molar refractivity (Wildman–Crippen MR) is 83.6 cm³/mol. The number of carbonyl (C=O) groups is 1. The minimum Gasteiger partial charge on any atom is -0.356 e. The van der Waals surface area contributed by atoms with E-state index in [-0.39, 0.29) is 11.8 Å². The molecule has 2 aliphatic rings. The topological polar surface area (TPSA) is 56.1 Å². The Morgan fingerprint density at radius 1 is 1.43 bits per heavy atom. The van der Waals surface area contributed by atoms with Gasteiger partial charge in [0.2, 0.25) is 5.91 Å². The first-order valence-corrected chi connectivity index (χ1v) is 8.34. The fourth-order valence-electron chi connectivity index (χ4n) is 3.30. The Balaban J connectivity index is 1.67. The van der Waals surface area contributed by atoms with Crippen LogP contribution in [0.3, 0.4) is 0 Å². The minimum absolute atomic E-state index is 0.109. The number of rotatable bonds is 6. The Bertz CT molecular complexity index is 411. The normalized spacial score (nSPS) is 23.2. The van der Waals surface area contributed by atoms with Gasteiger partial charge < -0.3 is 10.2 Å². The Morgan fingerprint density at radius 2 is 2.33 bits per heavy atom. The predicted octanol–water partition coefficient (Wildman–Crippen LogP) is 2.62. The van der Waals surface area contributed by atoms with Crippen LogP contribution < -0.4 is 5.32 Å². The molecule has 1 saturated heterocycles. The highest BCUT2D eigenvalue weighted by atomic mass is 16.1. The Hall–Kier alpha value is -1.34. The van der Waals surface area contributed by atoms with Crippen LogP contribution in [0.2, 0.25) is 0 Å². The van der Waals surface area contributed by atoms with Crippen LogP contribution in [0.4, 0.5) is 0 Å². The molecule has 0 radical (unpaired) electrons. The zero-order chi connectivity index (χ0) is 14.9. The van der Waals surface area contributed by atoms with E-state index in [9.17, 15) is 4.79 Å². The summed E-state index contributed by atoms with van der Waals surface area (Å²) < 4.78 is 0. The van der Waals surface area contributed by atoms with E-state index in [1.54, 1.807) is 0 Å². The molecule has 1 heterocycles. The number of nitrogens with zero attached hydrogens (tertiary/aromatic N) is 2.